The highest BCUT2D eigenvalue weighted by Crippen LogP contribution is 2.39. The Labute approximate surface area is 161 Å². The van der Waals surface area contributed by atoms with Gasteiger partial charge < -0.3 is 9.84 Å². The summed E-state index contributed by atoms with van der Waals surface area (Å²) in [7, 11) is 0. The minimum Gasteiger partial charge on any atom is -0.481 e. The van der Waals surface area contributed by atoms with Gasteiger partial charge in [-0.05, 0) is 52.0 Å². The number of hydrogen-bond donors (Lipinski definition) is 1. The number of carbonyl (C=O) groups excluding carboxylic acids is 2. The van der Waals surface area contributed by atoms with Crippen LogP contribution in [-0.4, -0.2) is 28.8 Å². The Bertz CT molecular complexity index is 927. The van der Waals surface area contributed by atoms with E-state index in [9.17, 15) is 14.4 Å². The number of thioether (sulfide) groups is 1. The predicted octanol–water partition coefficient (Wildman–Crippen LogP) is 4.15. The average Bonchev–Trinajstić information content (AvgIpc) is 2.88. The molecule has 1 fully saturated rings. The standard InChI is InChI=1S/C18H12BrNO5S/c19-12-6-2-3-7-13(12)20-17(23)15(26-18(20)24)9-11-5-1-4-8-14(11)25-10-16(21)22/h1-9H,10H2,(H,21,22)/b15-9+. The number of anilines is 1. The molecule has 0 saturated carbocycles. The second-order valence-electron chi connectivity index (χ2n) is 5.19. The number of halogens is 1. The summed E-state index contributed by atoms with van der Waals surface area (Å²) in [4.78, 5) is 37.1. The fourth-order valence-electron chi connectivity index (χ4n) is 2.32. The fraction of sp³-hybridized carbons (Fsp3) is 0.0556. The van der Waals surface area contributed by atoms with Gasteiger partial charge in [0, 0.05) is 10.0 Å². The van der Waals surface area contributed by atoms with E-state index in [-0.39, 0.29) is 4.91 Å². The van der Waals surface area contributed by atoms with Crippen molar-refractivity contribution in [3.05, 3.63) is 63.5 Å². The highest BCUT2D eigenvalue weighted by atomic mass is 79.9. The molecule has 2 aromatic carbocycles. The van der Waals surface area contributed by atoms with Gasteiger partial charge in [-0.1, -0.05) is 30.3 Å². The first kappa shape index (κ1) is 18.2. The Morgan fingerprint density at radius 3 is 2.58 bits per heavy atom. The Morgan fingerprint density at radius 1 is 1.15 bits per heavy atom. The van der Waals surface area contributed by atoms with Crippen molar-refractivity contribution < 1.29 is 24.2 Å². The number of para-hydroxylation sites is 2. The Hall–Kier alpha value is -2.58. The summed E-state index contributed by atoms with van der Waals surface area (Å²) in [6, 6.07) is 13.7. The maximum absolute atomic E-state index is 12.7. The van der Waals surface area contributed by atoms with Crippen molar-refractivity contribution in [3.8, 4) is 5.75 Å². The van der Waals surface area contributed by atoms with E-state index in [4.69, 9.17) is 9.84 Å². The van der Waals surface area contributed by atoms with Gasteiger partial charge >= 0.3 is 5.97 Å². The molecule has 1 saturated heterocycles. The predicted molar refractivity (Wildman–Crippen MR) is 102 cm³/mol. The molecule has 1 N–H and O–H groups in total. The van der Waals surface area contributed by atoms with Gasteiger partial charge in [-0.15, -0.1) is 0 Å². The molecule has 1 aliphatic heterocycles. The van der Waals surface area contributed by atoms with Gasteiger partial charge in [0.2, 0.25) is 0 Å². The molecular weight excluding hydrogens is 422 g/mol. The van der Waals surface area contributed by atoms with Gasteiger partial charge in [-0.25, -0.2) is 9.69 Å². The second-order valence-corrected chi connectivity index (χ2v) is 7.04. The molecule has 0 aliphatic carbocycles. The van der Waals surface area contributed by atoms with Crippen LogP contribution in [0.25, 0.3) is 6.08 Å². The number of ether oxygens (including phenoxy) is 1. The van der Waals surface area contributed by atoms with Crippen molar-refractivity contribution in [2.24, 2.45) is 0 Å². The van der Waals surface area contributed by atoms with Gasteiger partial charge in [0.1, 0.15) is 5.75 Å². The molecule has 2 amide bonds. The Morgan fingerprint density at radius 2 is 1.85 bits per heavy atom. The van der Waals surface area contributed by atoms with Crippen LogP contribution in [0, 0.1) is 0 Å². The summed E-state index contributed by atoms with van der Waals surface area (Å²) in [6.45, 7) is -0.497. The molecule has 3 rings (SSSR count). The maximum atomic E-state index is 12.7. The summed E-state index contributed by atoms with van der Waals surface area (Å²) >= 11 is 4.16. The van der Waals surface area contributed by atoms with E-state index in [1.165, 1.54) is 6.08 Å². The van der Waals surface area contributed by atoms with Crippen molar-refractivity contribution in [1.82, 2.24) is 0 Å². The summed E-state index contributed by atoms with van der Waals surface area (Å²) in [5.74, 6) is -1.23. The van der Waals surface area contributed by atoms with Crippen LogP contribution in [0.3, 0.4) is 0 Å². The lowest BCUT2D eigenvalue weighted by Gasteiger charge is -2.14. The third kappa shape index (κ3) is 3.81. The van der Waals surface area contributed by atoms with Gasteiger partial charge in [-0.3, -0.25) is 9.59 Å². The minimum atomic E-state index is -1.10. The molecule has 26 heavy (non-hydrogen) atoms. The largest absolute Gasteiger partial charge is 0.481 e. The second kappa shape index (κ2) is 7.76. The summed E-state index contributed by atoms with van der Waals surface area (Å²) < 4.78 is 5.86. The third-order valence-corrected chi connectivity index (χ3v) is 4.98. The number of hydrogen-bond acceptors (Lipinski definition) is 5. The van der Waals surface area contributed by atoms with Crippen molar-refractivity contribution in [2.45, 2.75) is 0 Å². The zero-order valence-corrected chi connectivity index (χ0v) is 15.6. The van der Waals surface area contributed by atoms with Crippen LogP contribution in [0.2, 0.25) is 0 Å². The van der Waals surface area contributed by atoms with Crippen molar-refractivity contribution in [1.29, 1.82) is 0 Å². The summed E-state index contributed by atoms with van der Waals surface area (Å²) in [5, 5.41) is 8.35. The number of aliphatic carboxylic acids is 1. The molecule has 1 heterocycles. The molecule has 6 nitrogen and oxygen atoms in total. The Balaban J connectivity index is 1.92. The number of carbonyl (C=O) groups is 3. The zero-order valence-electron chi connectivity index (χ0n) is 13.2. The first-order valence-electron chi connectivity index (χ1n) is 7.43. The van der Waals surface area contributed by atoms with Gasteiger partial charge in [0.25, 0.3) is 11.1 Å². The molecule has 0 unspecified atom stereocenters. The van der Waals surface area contributed by atoms with E-state index in [1.54, 1.807) is 48.5 Å². The van der Waals surface area contributed by atoms with Gasteiger partial charge in [0.15, 0.2) is 6.61 Å². The fourth-order valence-corrected chi connectivity index (χ4v) is 3.61. The number of rotatable bonds is 5. The molecule has 8 heteroatoms. The molecule has 132 valence electrons. The smallest absolute Gasteiger partial charge is 0.341 e. The number of carboxylic acids is 1. The highest BCUT2D eigenvalue weighted by molar-refractivity contribution is 9.10. The summed E-state index contributed by atoms with van der Waals surface area (Å²) in [5.41, 5.74) is 0.986. The quantitative estimate of drug-likeness (QED) is 0.712. The number of amides is 2. The van der Waals surface area contributed by atoms with E-state index in [1.807, 2.05) is 0 Å². The van der Waals surface area contributed by atoms with Crippen LogP contribution in [0.1, 0.15) is 5.56 Å². The van der Waals surface area contributed by atoms with Crippen LogP contribution in [-0.2, 0) is 9.59 Å². The van der Waals surface area contributed by atoms with Crippen LogP contribution in [0.15, 0.2) is 57.9 Å². The van der Waals surface area contributed by atoms with E-state index in [0.717, 1.165) is 16.7 Å². The lowest BCUT2D eigenvalue weighted by atomic mass is 10.2. The van der Waals surface area contributed by atoms with Crippen LogP contribution in [0.5, 0.6) is 5.75 Å². The van der Waals surface area contributed by atoms with Crippen molar-refractivity contribution in [2.75, 3.05) is 11.5 Å². The van der Waals surface area contributed by atoms with Crippen molar-refractivity contribution >= 4 is 56.6 Å². The maximum Gasteiger partial charge on any atom is 0.341 e. The lowest BCUT2D eigenvalue weighted by molar-refractivity contribution is -0.139. The topological polar surface area (TPSA) is 83.9 Å². The van der Waals surface area contributed by atoms with Gasteiger partial charge in [-0.2, -0.15) is 0 Å². The van der Waals surface area contributed by atoms with E-state index in [2.05, 4.69) is 15.9 Å². The molecule has 0 bridgehead atoms. The highest BCUT2D eigenvalue weighted by Gasteiger charge is 2.37. The van der Waals surface area contributed by atoms with E-state index < -0.39 is 23.7 Å². The van der Waals surface area contributed by atoms with Crippen LogP contribution in [0.4, 0.5) is 10.5 Å². The molecule has 2 aromatic rings. The summed E-state index contributed by atoms with van der Waals surface area (Å²) in [6.07, 6.45) is 1.53. The first-order chi connectivity index (χ1) is 12.5. The normalized spacial score (nSPS) is 15.6. The van der Waals surface area contributed by atoms with Crippen LogP contribution >= 0.6 is 27.7 Å². The zero-order chi connectivity index (χ0) is 18.7. The number of imide groups is 1. The molecule has 1 aliphatic rings. The van der Waals surface area contributed by atoms with Crippen LogP contribution < -0.4 is 9.64 Å². The van der Waals surface area contributed by atoms with Crippen molar-refractivity contribution in [3.63, 3.8) is 0 Å². The molecule has 0 atom stereocenters. The Kier molecular flexibility index (Phi) is 5.43. The molecular formula is C18H12BrNO5S. The first-order valence-corrected chi connectivity index (χ1v) is 9.04. The molecule has 0 spiro atoms. The monoisotopic (exact) mass is 433 g/mol. The SMILES string of the molecule is O=C(O)COc1ccccc1/C=C1/SC(=O)N(c2ccccc2Br)C1=O. The number of benzene rings is 2. The van der Waals surface area contributed by atoms with E-state index >= 15 is 0 Å². The average molecular weight is 434 g/mol. The molecule has 0 aromatic heterocycles. The molecule has 0 radical (unpaired) electrons. The van der Waals surface area contributed by atoms with E-state index in [0.29, 0.717) is 21.5 Å². The number of nitrogens with zero attached hydrogens (tertiary/aromatic N) is 1. The number of carboxylic acid groups (broad SMARTS) is 1. The van der Waals surface area contributed by atoms with Gasteiger partial charge in [0.05, 0.1) is 10.6 Å². The third-order valence-electron chi connectivity index (χ3n) is 3.44. The minimum absolute atomic E-state index is 0.233. The lowest BCUT2D eigenvalue weighted by Crippen LogP contribution is -2.27.